The van der Waals surface area contributed by atoms with Crippen LogP contribution in [0.15, 0.2) is 28.0 Å². The Hall–Kier alpha value is -2.72. The van der Waals surface area contributed by atoms with E-state index in [0.717, 1.165) is 5.56 Å². The number of pyridine rings is 1. The number of rotatable bonds is 5. The van der Waals surface area contributed by atoms with E-state index < -0.39 is 0 Å². The molecule has 2 aliphatic heterocycles. The van der Waals surface area contributed by atoms with Gasteiger partial charge in [0.15, 0.2) is 0 Å². The van der Waals surface area contributed by atoms with Crippen LogP contribution in [0.4, 0.5) is 5.82 Å². The number of carbonyl (C=O) groups excluding carboxylic acids is 2. The first-order valence-corrected chi connectivity index (χ1v) is 12.3. The molecule has 174 valence electrons. The first-order chi connectivity index (χ1) is 15.8. The van der Waals surface area contributed by atoms with E-state index in [-0.39, 0.29) is 23.4 Å². The second-order valence-corrected chi connectivity index (χ2v) is 9.65. The van der Waals surface area contributed by atoms with Crippen molar-refractivity contribution in [1.82, 2.24) is 14.3 Å². The van der Waals surface area contributed by atoms with Crippen LogP contribution in [0.25, 0.3) is 11.7 Å². The van der Waals surface area contributed by atoms with Crippen molar-refractivity contribution in [3.8, 4) is 0 Å². The number of likely N-dealkylation sites (N-methyl/N-ethyl adjacent to an activating group) is 1. The molecular weight excluding hydrogens is 460 g/mol. The summed E-state index contributed by atoms with van der Waals surface area (Å²) in [4.78, 5) is 47.3. The number of carbonyl (C=O) groups is 2. The lowest BCUT2D eigenvalue weighted by molar-refractivity contribution is -0.148. The van der Waals surface area contributed by atoms with E-state index in [1.807, 2.05) is 24.8 Å². The number of thiocarbonyl (C=S) groups is 1. The minimum absolute atomic E-state index is 0.159. The van der Waals surface area contributed by atoms with Crippen LogP contribution in [0.2, 0.25) is 0 Å². The molecule has 2 aromatic heterocycles. The highest BCUT2D eigenvalue weighted by molar-refractivity contribution is 8.26. The van der Waals surface area contributed by atoms with Gasteiger partial charge in [0.05, 0.1) is 23.0 Å². The van der Waals surface area contributed by atoms with Crippen LogP contribution < -0.4 is 10.5 Å². The van der Waals surface area contributed by atoms with Crippen molar-refractivity contribution >= 4 is 57.7 Å². The first-order valence-electron chi connectivity index (χ1n) is 11.0. The molecule has 2 aliphatic rings. The summed E-state index contributed by atoms with van der Waals surface area (Å²) < 4.78 is 7.17. The highest BCUT2D eigenvalue weighted by atomic mass is 32.2. The van der Waals surface area contributed by atoms with Crippen molar-refractivity contribution in [2.45, 2.75) is 33.6 Å². The van der Waals surface area contributed by atoms with Gasteiger partial charge in [0.25, 0.3) is 11.5 Å². The summed E-state index contributed by atoms with van der Waals surface area (Å²) in [6.07, 6.45) is 4.53. The van der Waals surface area contributed by atoms with Crippen LogP contribution in [-0.4, -0.2) is 56.7 Å². The molecule has 0 unspecified atom stereocenters. The zero-order valence-corrected chi connectivity index (χ0v) is 20.5. The van der Waals surface area contributed by atoms with Gasteiger partial charge < -0.3 is 9.64 Å². The van der Waals surface area contributed by atoms with Crippen molar-refractivity contribution in [3.05, 3.63) is 44.7 Å². The molecule has 2 fully saturated rings. The van der Waals surface area contributed by atoms with Crippen molar-refractivity contribution < 1.29 is 14.3 Å². The maximum Gasteiger partial charge on any atom is 0.309 e. The SMILES string of the molecule is CCOC(=O)C1CCN(c2nc3c(C)cccn3c(=O)c2/C=C2\SC(=S)N(CC)C2=O)CC1. The van der Waals surface area contributed by atoms with Crippen molar-refractivity contribution in [2.24, 2.45) is 5.92 Å². The third-order valence-corrected chi connectivity index (χ3v) is 7.32. The fourth-order valence-electron chi connectivity index (χ4n) is 4.16. The van der Waals surface area contributed by atoms with Crippen molar-refractivity contribution in [3.63, 3.8) is 0 Å². The molecule has 0 saturated carbocycles. The molecule has 4 heterocycles. The summed E-state index contributed by atoms with van der Waals surface area (Å²) in [5.74, 6) is -0.0108. The summed E-state index contributed by atoms with van der Waals surface area (Å²) >= 11 is 6.52. The number of ether oxygens (including phenoxy) is 1. The van der Waals surface area contributed by atoms with E-state index in [9.17, 15) is 14.4 Å². The summed E-state index contributed by atoms with van der Waals surface area (Å²) in [6.45, 7) is 7.54. The van der Waals surface area contributed by atoms with Crippen LogP contribution in [0.3, 0.4) is 0 Å². The van der Waals surface area contributed by atoms with Gasteiger partial charge >= 0.3 is 5.97 Å². The summed E-state index contributed by atoms with van der Waals surface area (Å²) in [6, 6.07) is 3.71. The van der Waals surface area contributed by atoms with Crippen LogP contribution in [0.5, 0.6) is 0 Å². The molecule has 0 radical (unpaired) electrons. The van der Waals surface area contributed by atoms with E-state index in [1.54, 1.807) is 25.3 Å². The molecule has 0 atom stereocenters. The molecular formula is C23H26N4O4S2. The molecule has 1 amide bonds. The van der Waals surface area contributed by atoms with Crippen LogP contribution in [0, 0.1) is 12.8 Å². The topological polar surface area (TPSA) is 84.2 Å². The van der Waals surface area contributed by atoms with Crippen LogP contribution in [0.1, 0.15) is 37.8 Å². The lowest BCUT2D eigenvalue weighted by Gasteiger charge is -2.32. The number of thioether (sulfide) groups is 1. The van der Waals surface area contributed by atoms with Gasteiger partial charge in [0.2, 0.25) is 0 Å². The standard InChI is InChI=1S/C23H26N4O4S2/c1-4-26-21(29)17(33-23(26)32)13-16-19(24-18-14(3)7-6-10-27(18)20(16)28)25-11-8-15(9-12-25)22(30)31-5-2/h6-7,10,13,15H,4-5,8-9,11-12H2,1-3H3/b17-13-. The lowest BCUT2D eigenvalue weighted by Crippen LogP contribution is -2.39. The predicted octanol–water partition coefficient (Wildman–Crippen LogP) is 3.00. The third-order valence-electron chi connectivity index (χ3n) is 5.94. The maximum atomic E-state index is 13.5. The normalized spacial score (nSPS) is 18.6. The number of anilines is 1. The Morgan fingerprint density at radius 3 is 2.67 bits per heavy atom. The van der Waals surface area contributed by atoms with Gasteiger partial charge in [0.1, 0.15) is 15.8 Å². The lowest BCUT2D eigenvalue weighted by atomic mass is 9.96. The van der Waals surface area contributed by atoms with Gasteiger partial charge in [-0.2, -0.15) is 0 Å². The van der Waals surface area contributed by atoms with Gasteiger partial charge in [-0.25, -0.2) is 4.98 Å². The minimum Gasteiger partial charge on any atom is -0.466 e. The van der Waals surface area contributed by atoms with Gasteiger partial charge in [0, 0.05) is 25.8 Å². The Morgan fingerprint density at radius 2 is 2.03 bits per heavy atom. The highest BCUT2D eigenvalue weighted by Crippen LogP contribution is 2.34. The maximum absolute atomic E-state index is 13.5. The smallest absolute Gasteiger partial charge is 0.309 e. The number of nitrogens with zero attached hydrogens (tertiary/aromatic N) is 4. The number of hydrogen-bond donors (Lipinski definition) is 0. The molecule has 0 spiro atoms. The number of aryl methyl sites for hydroxylation is 1. The fourth-order valence-corrected chi connectivity index (χ4v) is 5.52. The molecule has 33 heavy (non-hydrogen) atoms. The number of fused-ring (bicyclic) bond motifs is 1. The third kappa shape index (κ3) is 4.41. The highest BCUT2D eigenvalue weighted by Gasteiger charge is 2.33. The predicted molar refractivity (Wildman–Crippen MR) is 133 cm³/mol. The first kappa shape index (κ1) is 23.4. The second-order valence-electron chi connectivity index (χ2n) is 7.98. The average Bonchev–Trinajstić information content (AvgIpc) is 3.08. The monoisotopic (exact) mass is 486 g/mol. The molecule has 0 aromatic carbocycles. The van der Waals surface area contributed by atoms with Gasteiger partial charge in [-0.3, -0.25) is 23.7 Å². The number of piperidine rings is 1. The zero-order chi connectivity index (χ0) is 23.7. The quantitative estimate of drug-likeness (QED) is 0.362. The van der Waals surface area contributed by atoms with Gasteiger partial charge in [-0.05, 0) is 51.3 Å². The molecule has 2 saturated heterocycles. The summed E-state index contributed by atoms with van der Waals surface area (Å²) in [5.41, 5.74) is 1.56. The van der Waals surface area contributed by atoms with Crippen LogP contribution in [-0.2, 0) is 14.3 Å². The fraction of sp³-hybridized carbons (Fsp3) is 0.435. The molecule has 4 rings (SSSR count). The Bertz CT molecular complexity index is 1210. The number of esters is 1. The molecule has 10 heteroatoms. The molecule has 8 nitrogen and oxygen atoms in total. The molecule has 0 N–H and O–H groups in total. The second kappa shape index (κ2) is 9.64. The minimum atomic E-state index is -0.243. The van der Waals surface area contributed by atoms with Crippen molar-refractivity contribution in [1.29, 1.82) is 0 Å². The van der Waals surface area contributed by atoms with Gasteiger partial charge in [-0.1, -0.05) is 30.0 Å². The van der Waals surface area contributed by atoms with Gasteiger partial charge in [-0.15, -0.1) is 0 Å². The Morgan fingerprint density at radius 1 is 1.30 bits per heavy atom. The Kier molecular flexibility index (Phi) is 6.85. The van der Waals surface area contributed by atoms with E-state index in [2.05, 4.69) is 0 Å². The summed E-state index contributed by atoms with van der Waals surface area (Å²) in [7, 11) is 0. The number of amides is 1. The Labute approximate surface area is 201 Å². The van der Waals surface area contributed by atoms with E-state index in [1.165, 1.54) is 21.1 Å². The zero-order valence-electron chi connectivity index (χ0n) is 18.9. The van der Waals surface area contributed by atoms with Crippen LogP contribution >= 0.6 is 24.0 Å². The van der Waals surface area contributed by atoms with E-state index >= 15 is 0 Å². The number of aromatic nitrogens is 2. The van der Waals surface area contributed by atoms with E-state index in [0.29, 0.717) is 65.3 Å². The molecule has 2 aromatic rings. The number of hydrogen-bond acceptors (Lipinski definition) is 8. The van der Waals surface area contributed by atoms with E-state index in [4.69, 9.17) is 21.9 Å². The molecule has 0 aliphatic carbocycles. The molecule has 0 bridgehead atoms. The average molecular weight is 487 g/mol. The largest absolute Gasteiger partial charge is 0.466 e. The van der Waals surface area contributed by atoms with Crippen molar-refractivity contribution in [2.75, 3.05) is 31.1 Å². The Balaban J connectivity index is 1.78. The summed E-state index contributed by atoms with van der Waals surface area (Å²) in [5, 5.41) is 0.